The van der Waals surface area contributed by atoms with Crippen LogP contribution >= 0.6 is 11.3 Å². The lowest BCUT2D eigenvalue weighted by Crippen LogP contribution is -2.16. The van der Waals surface area contributed by atoms with E-state index in [1.807, 2.05) is 18.5 Å². The monoisotopic (exact) mass is 412 g/mol. The van der Waals surface area contributed by atoms with Crippen molar-refractivity contribution >= 4 is 23.1 Å². The SMILES string of the molecule is CCc1nn(-c2nccs2)cc1-c1cnc(NC(=O)c2c(F)cccc2F)cn1. The zero-order chi connectivity index (χ0) is 20.4. The topological polar surface area (TPSA) is 85.6 Å². The van der Waals surface area contributed by atoms with Gasteiger partial charge in [-0.1, -0.05) is 13.0 Å². The molecule has 146 valence electrons. The maximum Gasteiger partial charge on any atom is 0.262 e. The molecule has 0 aliphatic rings. The zero-order valence-electron chi connectivity index (χ0n) is 15.1. The summed E-state index contributed by atoms with van der Waals surface area (Å²) in [5.74, 6) is -2.76. The van der Waals surface area contributed by atoms with Gasteiger partial charge in [-0.25, -0.2) is 23.4 Å². The van der Waals surface area contributed by atoms with Crippen molar-refractivity contribution in [2.24, 2.45) is 0 Å². The van der Waals surface area contributed by atoms with Crippen LogP contribution in [0.5, 0.6) is 0 Å². The highest BCUT2D eigenvalue weighted by molar-refractivity contribution is 7.12. The second-order valence-electron chi connectivity index (χ2n) is 5.94. The Morgan fingerprint density at radius 1 is 1.17 bits per heavy atom. The van der Waals surface area contributed by atoms with Crippen LogP contribution in [0.1, 0.15) is 23.0 Å². The number of benzene rings is 1. The second-order valence-corrected chi connectivity index (χ2v) is 6.81. The number of aryl methyl sites for hydroxylation is 1. The summed E-state index contributed by atoms with van der Waals surface area (Å²) in [5, 5.41) is 9.46. The molecule has 4 rings (SSSR count). The summed E-state index contributed by atoms with van der Waals surface area (Å²) in [5.41, 5.74) is 1.49. The molecular weight excluding hydrogens is 398 g/mol. The highest BCUT2D eigenvalue weighted by Crippen LogP contribution is 2.24. The highest BCUT2D eigenvalue weighted by atomic mass is 32.1. The molecule has 3 heterocycles. The molecule has 1 N–H and O–H groups in total. The van der Waals surface area contributed by atoms with Crippen molar-refractivity contribution in [3.63, 3.8) is 0 Å². The summed E-state index contributed by atoms with van der Waals surface area (Å²) < 4.78 is 29.2. The lowest BCUT2D eigenvalue weighted by molar-refractivity contribution is 0.101. The average molecular weight is 412 g/mol. The molecule has 0 saturated carbocycles. The molecule has 0 aliphatic heterocycles. The fourth-order valence-corrected chi connectivity index (χ4v) is 3.30. The molecule has 1 amide bonds. The van der Waals surface area contributed by atoms with E-state index in [1.54, 1.807) is 10.9 Å². The first kappa shape index (κ1) is 18.8. The minimum Gasteiger partial charge on any atom is -0.305 e. The predicted octanol–water partition coefficient (Wildman–Crippen LogP) is 3.88. The number of nitrogens with one attached hydrogen (secondary N) is 1. The summed E-state index contributed by atoms with van der Waals surface area (Å²) in [4.78, 5) is 24.8. The number of hydrogen-bond acceptors (Lipinski definition) is 6. The van der Waals surface area contributed by atoms with Gasteiger partial charge in [-0.05, 0) is 18.6 Å². The van der Waals surface area contributed by atoms with Crippen molar-refractivity contribution in [1.29, 1.82) is 0 Å². The third-order valence-electron chi connectivity index (χ3n) is 4.10. The second kappa shape index (κ2) is 7.84. The van der Waals surface area contributed by atoms with Crippen LogP contribution in [0.3, 0.4) is 0 Å². The van der Waals surface area contributed by atoms with E-state index >= 15 is 0 Å². The number of aromatic nitrogens is 5. The molecular formula is C19H14F2N6OS. The van der Waals surface area contributed by atoms with E-state index in [1.165, 1.54) is 29.8 Å². The van der Waals surface area contributed by atoms with Gasteiger partial charge < -0.3 is 5.32 Å². The molecule has 0 aliphatic carbocycles. The van der Waals surface area contributed by atoms with Gasteiger partial charge in [0.1, 0.15) is 17.2 Å². The maximum atomic E-state index is 13.7. The first-order valence-corrected chi connectivity index (χ1v) is 9.51. The number of amides is 1. The van der Waals surface area contributed by atoms with Crippen molar-refractivity contribution < 1.29 is 13.6 Å². The first-order valence-electron chi connectivity index (χ1n) is 8.63. The zero-order valence-corrected chi connectivity index (χ0v) is 16.0. The largest absolute Gasteiger partial charge is 0.305 e. The van der Waals surface area contributed by atoms with E-state index in [0.717, 1.165) is 28.5 Å². The molecule has 10 heteroatoms. The molecule has 3 aromatic heterocycles. The van der Waals surface area contributed by atoms with Gasteiger partial charge in [0.15, 0.2) is 5.82 Å². The third-order valence-corrected chi connectivity index (χ3v) is 4.86. The lowest BCUT2D eigenvalue weighted by atomic mass is 10.1. The predicted molar refractivity (Wildman–Crippen MR) is 104 cm³/mol. The highest BCUT2D eigenvalue weighted by Gasteiger charge is 2.18. The summed E-state index contributed by atoms with van der Waals surface area (Å²) in [6.07, 6.45) is 6.99. The number of anilines is 1. The quantitative estimate of drug-likeness (QED) is 0.538. The third kappa shape index (κ3) is 3.74. The Labute approximate surface area is 168 Å². The number of halogens is 2. The summed E-state index contributed by atoms with van der Waals surface area (Å²) >= 11 is 1.46. The van der Waals surface area contributed by atoms with Gasteiger partial charge >= 0.3 is 0 Å². The van der Waals surface area contributed by atoms with E-state index in [-0.39, 0.29) is 5.82 Å². The van der Waals surface area contributed by atoms with Crippen molar-refractivity contribution in [2.45, 2.75) is 13.3 Å². The normalized spacial score (nSPS) is 10.9. The van der Waals surface area contributed by atoms with E-state index in [0.29, 0.717) is 12.1 Å². The molecule has 1 aromatic carbocycles. The van der Waals surface area contributed by atoms with Crippen molar-refractivity contribution in [2.75, 3.05) is 5.32 Å². The summed E-state index contributed by atoms with van der Waals surface area (Å²) in [6.45, 7) is 1.98. The Morgan fingerprint density at radius 2 is 1.97 bits per heavy atom. The minimum atomic E-state index is -0.950. The van der Waals surface area contributed by atoms with Gasteiger partial charge in [0.05, 0.1) is 23.8 Å². The number of thiazole rings is 1. The average Bonchev–Trinajstić information content (AvgIpc) is 3.38. The van der Waals surface area contributed by atoms with E-state index in [9.17, 15) is 13.6 Å². The summed E-state index contributed by atoms with van der Waals surface area (Å²) in [7, 11) is 0. The fraction of sp³-hybridized carbons (Fsp3) is 0.105. The van der Waals surface area contributed by atoms with Gasteiger partial charge in [-0.2, -0.15) is 5.10 Å². The molecule has 0 bridgehead atoms. The lowest BCUT2D eigenvalue weighted by Gasteiger charge is -2.07. The first-order chi connectivity index (χ1) is 14.1. The molecule has 0 spiro atoms. The molecule has 0 unspecified atom stereocenters. The Hall–Kier alpha value is -3.53. The van der Waals surface area contributed by atoms with Crippen LogP contribution in [-0.2, 0) is 6.42 Å². The van der Waals surface area contributed by atoms with Gasteiger partial charge in [0.25, 0.3) is 5.91 Å². The molecule has 4 aromatic rings. The van der Waals surface area contributed by atoms with E-state index < -0.39 is 23.1 Å². The van der Waals surface area contributed by atoms with Crippen LogP contribution in [0.2, 0.25) is 0 Å². The number of carbonyl (C=O) groups is 1. The molecule has 0 atom stereocenters. The van der Waals surface area contributed by atoms with Gasteiger partial charge in [0, 0.05) is 23.3 Å². The van der Waals surface area contributed by atoms with Gasteiger partial charge in [0.2, 0.25) is 5.13 Å². The van der Waals surface area contributed by atoms with Crippen LogP contribution in [0.25, 0.3) is 16.4 Å². The summed E-state index contributed by atoms with van der Waals surface area (Å²) in [6, 6.07) is 3.21. The molecule has 7 nitrogen and oxygen atoms in total. The van der Waals surface area contributed by atoms with Crippen LogP contribution in [0.15, 0.2) is 48.4 Å². The fourth-order valence-electron chi connectivity index (χ4n) is 2.74. The number of rotatable bonds is 5. The van der Waals surface area contributed by atoms with Crippen LogP contribution in [-0.4, -0.2) is 30.6 Å². The van der Waals surface area contributed by atoms with E-state index in [2.05, 4.69) is 25.4 Å². The molecule has 0 saturated heterocycles. The van der Waals surface area contributed by atoms with Crippen molar-refractivity contribution in [1.82, 2.24) is 24.7 Å². The number of carbonyl (C=O) groups excluding carboxylic acids is 1. The molecule has 29 heavy (non-hydrogen) atoms. The molecule has 0 radical (unpaired) electrons. The van der Waals surface area contributed by atoms with Gasteiger partial charge in [-0.3, -0.25) is 9.78 Å². The van der Waals surface area contributed by atoms with Crippen LogP contribution < -0.4 is 5.32 Å². The maximum absolute atomic E-state index is 13.7. The Bertz CT molecular complexity index is 1140. The smallest absolute Gasteiger partial charge is 0.262 e. The van der Waals surface area contributed by atoms with Crippen molar-refractivity contribution in [3.8, 4) is 16.4 Å². The Morgan fingerprint density at radius 3 is 2.59 bits per heavy atom. The van der Waals surface area contributed by atoms with Crippen LogP contribution in [0.4, 0.5) is 14.6 Å². The number of hydrogen-bond donors (Lipinski definition) is 1. The minimum absolute atomic E-state index is 0.0757. The van der Waals surface area contributed by atoms with Crippen molar-refractivity contribution in [3.05, 3.63) is 71.3 Å². The Kier molecular flexibility index (Phi) is 5.09. The van der Waals surface area contributed by atoms with Gasteiger partial charge in [-0.15, -0.1) is 11.3 Å². The molecule has 0 fully saturated rings. The Balaban J connectivity index is 1.58. The van der Waals surface area contributed by atoms with Crippen LogP contribution in [0, 0.1) is 11.6 Å². The van der Waals surface area contributed by atoms with E-state index in [4.69, 9.17) is 0 Å². The standard InChI is InChI=1S/C19H14F2N6OS/c1-2-14-11(10-27(26-14)19-22-6-7-29-19)15-8-24-16(9-23-15)25-18(28)17-12(20)4-3-5-13(17)21/h3-10H,2H2,1H3,(H,24,25,28). The number of nitrogens with zero attached hydrogens (tertiary/aromatic N) is 5.